The molecule has 1 atom stereocenters. The number of halogens is 7. The van der Waals surface area contributed by atoms with Crippen LogP contribution in [-0.4, -0.2) is 24.1 Å². The summed E-state index contributed by atoms with van der Waals surface area (Å²) in [4.78, 5) is 0. The highest BCUT2D eigenvalue weighted by Crippen LogP contribution is 2.49. The Bertz CT molecular complexity index is 315. The fraction of sp³-hybridized carbons (Fsp3) is 0.500. The van der Waals surface area contributed by atoms with Crippen molar-refractivity contribution in [2.24, 2.45) is 0 Å². The molecule has 0 aromatic carbocycles. The van der Waals surface area contributed by atoms with Crippen molar-refractivity contribution in [1.82, 2.24) is 0 Å². The molecule has 1 aliphatic rings. The van der Waals surface area contributed by atoms with Crippen LogP contribution in [0, 0.1) is 0 Å². The maximum atomic E-state index is 12.9. The van der Waals surface area contributed by atoms with Crippen LogP contribution in [0.4, 0.5) is 30.7 Å². The van der Waals surface area contributed by atoms with Crippen LogP contribution in [0.1, 0.15) is 0 Å². The molecule has 0 aliphatic carbocycles. The molecule has 1 heterocycles. The topological polar surface area (TPSA) is 9.23 Å². The molecular formula is C8H5F7O. The van der Waals surface area contributed by atoms with E-state index in [0.717, 1.165) is 12.2 Å². The maximum absolute atomic E-state index is 12.9. The standard InChI is InChI=1S/C8H5F7O/c9-6(10,5-3-1-2-4-16-5)7(11,12)8(13,14)15/h1-5H. The van der Waals surface area contributed by atoms with Gasteiger partial charge in [-0.3, -0.25) is 0 Å². The molecule has 0 N–H and O–H groups in total. The van der Waals surface area contributed by atoms with Crippen LogP contribution in [0.3, 0.4) is 0 Å². The molecule has 1 nitrogen and oxygen atoms in total. The molecule has 0 amide bonds. The minimum atomic E-state index is -6.34. The van der Waals surface area contributed by atoms with Crippen LogP contribution in [-0.2, 0) is 4.74 Å². The summed E-state index contributed by atoms with van der Waals surface area (Å²) in [6, 6.07) is 0. The van der Waals surface area contributed by atoms with Crippen molar-refractivity contribution in [2.45, 2.75) is 24.1 Å². The van der Waals surface area contributed by atoms with Gasteiger partial charge in [-0.2, -0.15) is 30.7 Å². The number of hydrogen-bond donors (Lipinski definition) is 0. The lowest BCUT2D eigenvalue weighted by Gasteiger charge is -2.32. The second kappa shape index (κ2) is 3.67. The third kappa shape index (κ3) is 1.88. The van der Waals surface area contributed by atoms with Gasteiger partial charge in [-0.25, -0.2) is 0 Å². The number of hydrogen-bond acceptors (Lipinski definition) is 1. The van der Waals surface area contributed by atoms with Crippen LogP contribution < -0.4 is 0 Å². The Kier molecular flexibility index (Phi) is 2.95. The summed E-state index contributed by atoms with van der Waals surface area (Å²) < 4.78 is 90.1. The van der Waals surface area contributed by atoms with Crippen molar-refractivity contribution in [1.29, 1.82) is 0 Å². The van der Waals surface area contributed by atoms with Crippen molar-refractivity contribution < 1.29 is 35.5 Å². The summed E-state index contributed by atoms with van der Waals surface area (Å²) in [6.45, 7) is 0. The molecule has 0 saturated carbocycles. The molecule has 1 unspecified atom stereocenters. The number of alkyl halides is 7. The Morgan fingerprint density at radius 1 is 0.875 bits per heavy atom. The zero-order valence-corrected chi connectivity index (χ0v) is 7.44. The van der Waals surface area contributed by atoms with Gasteiger partial charge in [0.1, 0.15) is 0 Å². The Balaban J connectivity index is 3.01. The van der Waals surface area contributed by atoms with Gasteiger partial charge in [0.25, 0.3) is 0 Å². The van der Waals surface area contributed by atoms with Gasteiger partial charge in [0.15, 0.2) is 6.10 Å². The monoisotopic (exact) mass is 250 g/mol. The summed E-state index contributed by atoms with van der Waals surface area (Å²) >= 11 is 0. The molecule has 0 aromatic rings. The second-order valence-electron chi connectivity index (χ2n) is 2.97. The first kappa shape index (κ1) is 12.9. The van der Waals surface area contributed by atoms with E-state index in [0.29, 0.717) is 12.3 Å². The molecule has 0 fully saturated rings. The Morgan fingerprint density at radius 3 is 1.81 bits per heavy atom. The smallest absolute Gasteiger partial charge is 0.460 e. The highest BCUT2D eigenvalue weighted by molar-refractivity contribution is 5.13. The third-order valence-electron chi connectivity index (χ3n) is 1.83. The van der Waals surface area contributed by atoms with E-state index >= 15 is 0 Å². The van der Waals surface area contributed by atoms with Gasteiger partial charge in [0.2, 0.25) is 0 Å². The molecule has 0 radical (unpaired) electrons. The zero-order valence-electron chi connectivity index (χ0n) is 7.44. The average Bonchev–Trinajstić information content (AvgIpc) is 2.17. The van der Waals surface area contributed by atoms with Crippen molar-refractivity contribution in [3.8, 4) is 0 Å². The molecule has 0 aromatic heterocycles. The van der Waals surface area contributed by atoms with Crippen molar-refractivity contribution in [2.75, 3.05) is 0 Å². The van der Waals surface area contributed by atoms with E-state index in [1.165, 1.54) is 0 Å². The first-order chi connectivity index (χ1) is 7.11. The van der Waals surface area contributed by atoms with Crippen molar-refractivity contribution >= 4 is 0 Å². The van der Waals surface area contributed by atoms with Crippen LogP contribution in [0.5, 0.6) is 0 Å². The SMILES string of the molecule is FC(F)(F)C(F)(F)C(F)(F)C1C=CC=CO1. The molecule has 0 spiro atoms. The molecule has 16 heavy (non-hydrogen) atoms. The van der Waals surface area contributed by atoms with Gasteiger partial charge < -0.3 is 4.74 Å². The first-order valence-electron chi connectivity index (χ1n) is 3.92. The predicted molar refractivity (Wildman–Crippen MR) is 39.1 cm³/mol. The van der Waals surface area contributed by atoms with Gasteiger partial charge in [0.05, 0.1) is 6.26 Å². The quantitative estimate of drug-likeness (QED) is 0.683. The lowest BCUT2D eigenvalue weighted by Crippen LogP contribution is -2.57. The summed E-state index contributed by atoms with van der Waals surface area (Å²) in [5.41, 5.74) is 0. The molecule has 92 valence electrons. The van der Waals surface area contributed by atoms with Gasteiger partial charge in [-0.05, 0) is 12.2 Å². The largest absolute Gasteiger partial charge is 0.487 e. The lowest BCUT2D eigenvalue weighted by atomic mass is 10.0. The molecular weight excluding hydrogens is 245 g/mol. The highest BCUT2D eigenvalue weighted by Gasteiger charge is 2.75. The van der Waals surface area contributed by atoms with Crippen molar-refractivity contribution in [3.63, 3.8) is 0 Å². The van der Waals surface area contributed by atoms with E-state index in [2.05, 4.69) is 4.74 Å². The molecule has 1 rings (SSSR count). The summed E-state index contributed by atoms with van der Waals surface area (Å²) in [6.07, 6.45) is -5.96. The van der Waals surface area contributed by atoms with Crippen LogP contribution in [0.25, 0.3) is 0 Å². The summed E-state index contributed by atoms with van der Waals surface area (Å²) in [5, 5.41) is 0. The number of ether oxygens (including phenoxy) is 1. The normalized spacial score (nSPS) is 22.1. The summed E-state index contributed by atoms with van der Waals surface area (Å²) in [7, 11) is 0. The minimum Gasteiger partial charge on any atom is -0.487 e. The van der Waals surface area contributed by atoms with Gasteiger partial charge in [-0.1, -0.05) is 6.08 Å². The van der Waals surface area contributed by atoms with E-state index < -0.39 is 24.1 Å². The maximum Gasteiger partial charge on any atom is 0.460 e. The van der Waals surface area contributed by atoms with Gasteiger partial charge in [-0.15, -0.1) is 0 Å². The Labute approximate surface area is 85.2 Å². The fourth-order valence-electron chi connectivity index (χ4n) is 0.960. The van der Waals surface area contributed by atoms with Gasteiger partial charge >= 0.3 is 18.0 Å². The highest BCUT2D eigenvalue weighted by atomic mass is 19.4. The Morgan fingerprint density at radius 2 is 1.44 bits per heavy atom. The average molecular weight is 250 g/mol. The lowest BCUT2D eigenvalue weighted by molar-refractivity contribution is -0.367. The zero-order chi connectivity index (χ0) is 12.6. The van der Waals surface area contributed by atoms with Crippen LogP contribution >= 0.6 is 0 Å². The second-order valence-corrected chi connectivity index (χ2v) is 2.97. The third-order valence-corrected chi connectivity index (χ3v) is 1.83. The van der Waals surface area contributed by atoms with E-state index in [1.807, 2.05) is 0 Å². The van der Waals surface area contributed by atoms with E-state index in [-0.39, 0.29) is 0 Å². The van der Waals surface area contributed by atoms with E-state index in [1.54, 1.807) is 0 Å². The van der Waals surface area contributed by atoms with E-state index in [4.69, 9.17) is 0 Å². The molecule has 8 heteroatoms. The van der Waals surface area contributed by atoms with Crippen LogP contribution in [0.2, 0.25) is 0 Å². The van der Waals surface area contributed by atoms with Crippen LogP contribution in [0.15, 0.2) is 24.5 Å². The van der Waals surface area contributed by atoms with Gasteiger partial charge in [0, 0.05) is 0 Å². The summed E-state index contributed by atoms with van der Waals surface area (Å²) in [5.74, 6) is -11.5. The minimum absolute atomic E-state index is 0.430. The van der Waals surface area contributed by atoms with Crippen molar-refractivity contribution in [3.05, 3.63) is 24.5 Å². The molecule has 0 bridgehead atoms. The Hall–Kier alpha value is -1.21. The fourth-order valence-corrected chi connectivity index (χ4v) is 0.960. The molecule has 1 aliphatic heterocycles. The predicted octanol–water partition coefficient (Wildman–Crippen LogP) is 3.29. The number of allylic oxidation sites excluding steroid dienone is 2. The number of rotatable bonds is 2. The first-order valence-corrected chi connectivity index (χ1v) is 3.92. The van der Waals surface area contributed by atoms with E-state index in [9.17, 15) is 30.7 Å². The molecule has 0 saturated heterocycles.